The summed E-state index contributed by atoms with van der Waals surface area (Å²) in [4.78, 5) is 4.64. The van der Waals surface area contributed by atoms with Crippen LogP contribution < -0.4 is 9.47 Å². The maximum Gasteiger partial charge on any atom is 0.227 e. The molecule has 0 aliphatic heterocycles. The van der Waals surface area contributed by atoms with Crippen LogP contribution in [-0.4, -0.2) is 23.9 Å². The monoisotopic (exact) mass is 284 g/mol. The van der Waals surface area contributed by atoms with Crippen molar-refractivity contribution in [2.24, 2.45) is 0 Å². The number of fused-ring (bicyclic) bond motifs is 1. The molecule has 0 aliphatic carbocycles. The van der Waals surface area contributed by atoms with E-state index < -0.39 is 0 Å². The fourth-order valence-corrected chi connectivity index (χ4v) is 2.26. The first-order valence-electron chi connectivity index (χ1n) is 6.77. The smallest absolute Gasteiger partial charge is 0.227 e. The molecule has 3 aromatic rings. The molecule has 0 fully saturated rings. The van der Waals surface area contributed by atoms with E-state index >= 15 is 0 Å². The summed E-state index contributed by atoms with van der Waals surface area (Å²) in [6.07, 6.45) is 0. The number of nitrogens with zero attached hydrogens (tertiary/aromatic N) is 2. The summed E-state index contributed by atoms with van der Waals surface area (Å²) in [5.74, 6) is 1.41. The molecule has 0 saturated carbocycles. The average molecular weight is 284 g/mol. The number of aromatic nitrogens is 2. The molecule has 0 bridgehead atoms. The molecular formula is C16H16N2O3. The van der Waals surface area contributed by atoms with Gasteiger partial charge in [0.1, 0.15) is 17.0 Å². The van der Waals surface area contributed by atoms with Crippen molar-refractivity contribution >= 4 is 11.1 Å². The largest absolute Gasteiger partial charge is 0.496 e. The summed E-state index contributed by atoms with van der Waals surface area (Å²) < 4.78 is 16.4. The zero-order chi connectivity index (χ0) is 14.8. The van der Waals surface area contributed by atoms with Crippen molar-refractivity contribution in [2.75, 3.05) is 13.7 Å². The summed E-state index contributed by atoms with van der Waals surface area (Å²) >= 11 is 0. The highest BCUT2D eigenvalue weighted by atomic mass is 16.5. The number of ether oxygens (including phenoxy) is 2. The maximum absolute atomic E-state index is 5.65. The molecule has 21 heavy (non-hydrogen) atoms. The third kappa shape index (κ3) is 2.31. The van der Waals surface area contributed by atoms with Crippen molar-refractivity contribution < 1.29 is 14.0 Å². The molecule has 0 spiro atoms. The lowest BCUT2D eigenvalue weighted by Gasteiger charge is -2.09. The number of benzene rings is 1. The zero-order valence-electron chi connectivity index (χ0n) is 12.2. The van der Waals surface area contributed by atoms with Gasteiger partial charge in [-0.1, -0.05) is 17.3 Å². The lowest BCUT2D eigenvalue weighted by Crippen LogP contribution is -1.95. The van der Waals surface area contributed by atoms with Crippen molar-refractivity contribution in [2.45, 2.75) is 13.8 Å². The Balaban J connectivity index is 2.25. The van der Waals surface area contributed by atoms with Crippen LogP contribution in [0.15, 0.2) is 34.9 Å². The van der Waals surface area contributed by atoms with E-state index in [9.17, 15) is 0 Å². The zero-order valence-corrected chi connectivity index (χ0v) is 12.2. The number of hydrogen-bond donors (Lipinski definition) is 0. The van der Waals surface area contributed by atoms with Gasteiger partial charge in [0.05, 0.1) is 19.4 Å². The highest BCUT2D eigenvalue weighted by Gasteiger charge is 2.16. The van der Waals surface area contributed by atoms with Crippen LogP contribution in [0.25, 0.3) is 22.4 Å². The van der Waals surface area contributed by atoms with Crippen LogP contribution in [-0.2, 0) is 0 Å². The highest BCUT2D eigenvalue weighted by molar-refractivity contribution is 5.85. The second-order valence-electron chi connectivity index (χ2n) is 4.58. The van der Waals surface area contributed by atoms with Crippen LogP contribution in [0.5, 0.6) is 11.5 Å². The van der Waals surface area contributed by atoms with Gasteiger partial charge in [-0.15, -0.1) is 0 Å². The first kappa shape index (κ1) is 13.4. The first-order chi connectivity index (χ1) is 10.2. The first-order valence-corrected chi connectivity index (χ1v) is 6.77. The van der Waals surface area contributed by atoms with E-state index in [1.165, 1.54) is 0 Å². The van der Waals surface area contributed by atoms with Crippen LogP contribution in [0.3, 0.4) is 0 Å². The third-order valence-electron chi connectivity index (χ3n) is 3.24. The van der Waals surface area contributed by atoms with Gasteiger partial charge in [-0.05, 0) is 26.0 Å². The van der Waals surface area contributed by atoms with E-state index in [1.807, 2.05) is 44.2 Å². The summed E-state index contributed by atoms with van der Waals surface area (Å²) in [5.41, 5.74) is 3.70. The minimum Gasteiger partial charge on any atom is -0.496 e. The number of methoxy groups -OCH3 is 1. The molecular weight excluding hydrogens is 268 g/mol. The van der Waals surface area contributed by atoms with Crippen molar-refractivity contribution in [3.63, 3.8) is 0 Å². The van der Waals surface area contributed by atoms with Crippen molar-refractivity contribution in [3.05, 3.63) is 36.0 Å². The molecule has 0 aliphatic rings. The molecule has 108 valence electrons. The normalized spacial score (nSPS) is 10.8. The van der Waals surface area contributed by atoms with E-state index in [0.717, 1.165) is 22.7 Å². The van der Waals surface area contributed by atoms with Crippen molar-refractivity contribution in [3.8, 4) is 22.8 Å². The fraction of sp³-hybridized carbons (Fsp3) is 0.250. The number of rotatable bonds is 4. The van der Waals surface area contributed by atoms with Crippen molar-refractivity contribution in [1.29, 1.82) is 0 Å². The van der Waals surface area contributed by atoms with E-state index in [4.69, 9.17) is 14.0 Å². The number of para-hydroxylation sites is 1. The van der Waals surface area contributed by atoms with E-state index in [-0.39, 0.29) is 0 Å². The van der Waals surface area contributed by atoms with Crippen LogP contribution >= 0.6 is 0 Å². The van der Waals surface area contributed by atoms with E-state index in [1.54, 1.807) is 7.11 Å². The topological polar surface area (TPSA) is 57.4 Å². The Bertz CT molecular complexity index is 780. The molecule has 0 radical (unpaired) electrons. The molecule has 2 heterocycles. The van der Waals surface area contributed by atoms with Gasteiger partial charge in [0.15, 0.2) is 5.75 Å². The SMILES string of the molecule is CCOc1cc(-c2ccccc2OC)nc2c(C)noc12. The summed E-state index contributed by atoms with van der Waals surface area (Å²) in [5, 5.41) is 3.97. The van der Waals surface area contributed by atoms with Crippen molar-refractivity contribution in [1.82, 2.24) is 10.1 Å². The molecule has 2 aromatic heterocycles. The lowest BCUT2D eigenvalue weighted by molar-refractivity contribution is 0.332. The minimum absolute atomic E-state index is 0.546. The summed E-state index contributed by atoms with van der Waals surface area (Å²) in [7, 11) is 1.64. The Morgan fingerprint density at radius 3 is 2.76 bits per heavy atom. The predicted molar refractivity (Wildman–Crippen MR) is 79.7 cm³/mol. The Morgan fingerprint density at radius 1 is 1.19 bits per heavy atom. The van der Waals surface area contributed by atoms with Gasteiger partial charge in [0, 0.05) is 11.6 Å². The van der Waals surface area contributed by atoms with E-state index in [2.05, 4.69) is 10.1 Å². The molecule has 0 N–H and O–H groups in total. The van der Waals surface area contributed by atoms with Crippen LogP contribution in [0.2, 0.25) is 0 Å². The molecule has 0 amide bonds. The second kappa shape index (κ2) is 5.44. The fourth-order valence-electron chi connectivity index (χ4n) is 2.26. The predicted octanol–water partition coefficient (Wildman–Crippen LogP) is 3.61. The molecule has 0 unspecified atom stereocenters. The Labute approximate surface area is 122 Å². The standard InChI is InChI=1S/C16H16N2O3/c1-4-20-14-9-12(11-7-5-6-8-13(11)19-3)17-15-10(2)18-21-16(14)15/h5-9H,4H2,1-3H3. The molecule has 0 saturated heterocycles. The molecule has 0 atom stereocenters. The van der Waals surface area contributed by atoms with Gasteiger partial charge in [0.25, 0.3) is 0 Å². The quantitative estimate of drug-likeness (QED) is 0.732. The van der Waals surface area contributed by atoms with Gasteiger partial charge in [0.2, 0.25) is 5.58 Å². The molecule has 1 aromatic carbocycles. The maximum atomic E-state index is 5.65. The van der Waals surface area contributed by atoms with Gasteiger partial charge in [-0.2, -0.15) is 0 Å². The third-order valence-corrected chi connectivity index (χ3v) is 3.24. The molecule has 5 nitrogen and oxygen atoms in total. The number of hydrogen-bond acceptors (Lipinski definition) is 5. The van der Waals surface area contributed by atoms with Gasteiger partial charge >= 0.3 is 0 Å². The minimum atomic E-state index is 0.546. The second-order valence-corrected chi connectivity index (χ2v) is 4.58. The van der Waals surface area contributed by atoms with Gasteiger partial charge < -0.3 is 14.0 Å². The number of aryl methyl sites for hydroxylation is 1. The van der Waals surface area contributed by atoms with Crippen LogP contribution in [0.1, 0.15) is 12.6 Å². The van der Waals surface area contributed by atoms with E-state index in [0.29, 0.717) is 23.5 Å². The average Bonchev–Trinajstić information content (AvgIpc) is 2.89. The summed E-state index contributed by atoms with van der Waals surface area (Å²) in [6.45, 7) is 4.34. The van der Waals surface area contributed by atoms with Crippen LogP contribution in [0, 0.1) is 6.92 Å². The molecule has 5 heteroatoms. The number of pyridine rings is 1. The highest BCUT2D eigenvalue weighted by Crippen LogP contribution is 2.35. The van der Waals surface area contributed by atoms with Gasteiger partial charge in [-0.25, -0.2) is 4.98 Å². The van der Waals surface area contributed by atoms with Crippen LogP contribution in [0.4, 0.5) is 0 Å². The molecule has 3 rings (SSSR count). The Morgan fingerprint density at radius 2 is 2.00 bits per heavy atom. The van der Waals surface area contributed by atoms with Gasteiger partial charge in [-0.3, -0.25) is 0 Å². The Hall–Kier alpha value is -2.56. The summed E-state index contributed by atoms with van der Waals surface area (Å²) in [6, 6.07) is 9.60. The lowest BCUT2D eigenvalue weighted by atomic mass is 10.1. The Kier molecular flexibility index (Phi) is 3.48.